The Labute approximate surface area is 142 Å². The number of benzene rings is 1. The van der Waals surface area contributed by atoms with Crippen molar-refractivity contribution in [2.45, 2.75) is 12.5 Å². The lowest BCUT2D eigenvalue weighted by Crippen LogP contribution is -2.26. The zero-order valence-electron chi connectivity index (χ0n) is 13.1. The molecular weight excluding hydrogens is 326 g/mol. The molecule has 124 valence electrons. The third kappa shape index (κ3) is 3.48. The van der Waals surface area contributed by atoms with Crippen LogP contribution >= 0.6 is 11.8 Å². The predicted octanol–water partition coefficient (Wildman–Crippen LogP) is 2.05. The molecule has 0 spiro atoms. The number of carbonyl (C=O) groups is 1. The topological polar surface area (TPSA) is 92.7 Å². The van der Waals surface area contributed by atoms with Gasteiger partial charge >= 0.3 is 0 Å². The number of carbonyl (C=O) groups excluding carboxylic acids is 1. The zero-order valence-corrected chi connectivity index (χ0v) is 13.9. The third-order valence-corrected chi connectivity index (χ3v) is 4.35. The Bertz CT molecular complexity index is 891. The van der Waals surface area contributed by atoms with Gasteiger partial charge in [-0.3, -0.25) is 9.59 Å². The number of nitrogens with zero attached hydrogens (tertiary/aromatic N) is 3. The first kappa shape index (κ1) is 16.3. The zero-order chi connectivity index (χ0) is 16.9. The first-order valence-electron chi connectivity index (χ1n) is 7.46. The minimum Gasteiger partial charge on any atom is -0.342 e. The number of aromatic nitrogens is 4. The van der Waals surface area contributed by atoms with E-state index in [0.717, 1.165) is 12.2 Å². The van der Waals surface area contributed by atoms with Gasteiger partial charge in [0.15, 0.2) is 0 Å². The molecule has 24 heavy (non-hydrogen) atoms. The maximum atomic E-state index is 12.7. The highest BCUT2D eigenvalue weighted by Crippen LogP contribution is 2.19. The van der Waals surface area contributed by atoms with Gasteiger partial charge < -0.3 is 9.88 Å². The van der Waals surface area contributed by atoms with E-state index >= 15 is 0 Å². The van der Waals surface area contributed by atoms with E-state index in [4.69, 9.17) is 0 Å². The standard InChI is InChI=1S/C16H17N5O2S/c1-24-9-6-14(21-7-2-3-8-21)16(23)17-11-4-5-13-12(10-11)15(22)19-20-18-13/h2-5,7-8,10,14H,6,9H2,1H3,(H,17,23)(H,18,19,22)/t14-/m0/s1. The first-order valence-corrected chi connectivity index (χ1v) is 8.86. The summed E-state index contributed by atoms with van der Waals surface area (Å²) in [7, 11) is 0. The Balaban J connectivity index is 1.84. The number of H-pyrrole nitrogens is 1. The van der Waals surface area contributed by atoms with Crippen molar-refractivity contribution in [2.24, 2.45) is 0 Å². The van der Waals surface area contributed by atoms with Gasteiger partial charge in [-0.1, -0.05) is 5.21 Å². The lowest BCUT2D eigenvalue weighted by molar-refractivity contribution is -0.119. The number of nitrogens with one attached hydrogen (secondary N) is 2. The average Bonchev–Trinajstić information content (AvgIpc) is 3.10. The van der Waals surface area contributed by atoms with E-state index in [1.165, 1.54) is 0 Å². The van der Waals surface area contributed by atoms with Crippen molar-refractivity contribution in [1.29, 1.82) is 0 Å². The summed E-state index contributed by atoms with van der Waals surface area (Å²) in [4.78, 5) is 24.5. The molecule has 0 fully saturated rings. The number of hydrogen-bond donors (Lipinski definition) is 2. The number of anilines is 1. The van der Waals surface area contributed by atoms with Gasteiger partial charge in [-0.15, -0.1) is 5.10 Å². The van der Waals surface area contributed by atoms with Crippen molar-refractivity contribution in [2.75, 3.05) is 17.3 Å². The molecule has 0 aliphatic heterocycles. The molecule has 0 unspecified atom stereocenters. The summed E-state index contributed by atoms with van der Waals surface area (Å²) in [5, 5.41) is 12.9. The minimum absolute atomic E-state index is 0.113. The highest BCUT2D eigenvalue weighted by molar-refractivity contribution is 7.98. The minimum atomic E-state index is -0.333. The van der Waals surface area contributed by atoms with E-state index in [1.807, 2.05) is 35.3 Å². The van der Waals surface area contributed by atoms with E-state index in [-0.39, 0.29) is 17.5 Å². The highest BCUT2D eigenvalue weighted by atomic mass is 32.2. The molecule has 3 aromatic rings. The second-order valence-corrected chi connectivity index (χ2v) is 6.28. The Hall–Kier alpha value is -2.61. The summed E-state index contributed by atoms with van der Waals surface area (Å²) in [6.45, 7) is 0. The Morgan fingerprint density at radius 2 is 2.17 bits per heavy atom. The van der Waals surface area contributed by atoms with Crippen molar-refractivity contribution in [1.82, 2.24) is 20.0 Å². The van der Waals surface area contributed by atoms with Gasteiger partial charge in [0.05, 0.1) is 5.39 Å². The monoisotopic (exact) mass is 343 g/mol. The van der Waals surface area contributed by atoms with Crippen LogP contribution < -0.4 is 10.9 Å². The molecule has 0 saturated carbocycles. The summed E-state index contributed by atoms with van der Waals surface area (Å²) in [5.74, 6) is 0.765. The number of rotatable bonds is 6. The van der Waals surface area contributed by atoms with Gasteiger partial charge in [0.1, 0.15) is 11.6 Å². The fraction of sp³-hybridized carbons (Fsp3) is 0.250. The van der Waals surface area contributed by atoms with Crippen LogP contribution in [0, 0.1) is 0 Å². The van der Waals surface area contributed by atoms with Crippen LogP contribution in [0.5, 0.6) is 0 Å². The molecule has 1 aromatic carbocycles. The molecular formula is C16H17N5O2S. The summed E-state index contributed by atoms with van der Waals surface area (Å²) in [6.07, 6.45) is 6.50. The number of fused-ring (bicyclic) bond motifs is 1. The molecule has 0 aliphatic carbocycles. The van der Waals surface area contributed by atoms with Crippen LogP contribution in [-0.4, -0.2) is 37.9 Å². The largest absolute Gasteiger partial charge is 0.342 e. The fourth-order valence-corrected chi connectivity index (χ4v) is 2.95. The Morgan fingerprint density at radius 3 is 2.92 bits per heavy atom. The molecule has 2 aromatic heterocycles. The van der Waals surface area contributed by atoms with Crippen LogP contribution in [0.2, 0.25) is 0 Å². The van der Waals surface area contributed by atoms with Gasteiger partial charge in [-0.25, -0.2) is 5.10 Å². The summed E-state index contributed by atoms with van der Waals surface area (Å²) < 4.78 is 1.89. The van der Waals surface area contributed by atoms with Gasteiger partial charge in [-0.05, 0) is 48.8 Å². The lowest BCUT2D eigenvalue weighted by atomic mass is 10.2. The van der Waals surface area contributed by atoms with Gasteiger partial charge in [0.2, 0.25) is 5.91 Å². The molecule has 7 nitrogen and oxygen atoms in total. The van der Waals surface area contributed by atoms with Crippen LogP contribution in [0.1, 0.15) is 12.5 Å². The fourth-order valence-electron chi connectivity index (χ4n) is 2.49. The predicted molar refractivity (Wildman–Crippen MR) is 95.3 cm³/mol. The number of thioether (sulfide) groups is 1. The van der Waals surface area contributed by atoms with Gasteiger partial charge in [0.25, 0.3) is 5.56 Å². The third-order valence-electron chi connectivity index (χ3n) is 3.70. The molecule has 2 heterocycles. The normalized spacial score (nSPS) is 12.2. The highest BCUT2D eigenvalue weighted by Gasteiger charge is 2.19. The molecule has 1 amide bonds. The number of amides is 1. The number of aromatic amines is 1. The van der Waals surface area contributed by atoms with Crippen molar-refractivity contribution in [3.05, 3.63) is 53.1 Å². The second-order valence-electron chi connectivity index (χ2n) is 5.29. The summed E-state index contributed by atoms with van der Waals surface area (Å²) in [5.41, 5.74) is 0.717. The molecule has 2 N–H and O–H groups in total. The van der Waals surface area contributed by atoms with Crippen LogP contribution in [-0.2, 0) is 4.79 Å². The smallest absolute Gasteiger partial charge is 0.275 e. The maximum absolute atomic E-state index is 12.7. The van der Waals surface area contributed by atoms with Gasteiger partial charge in [0, 0.05) is 18.1 Å². The Morgan fingerprint density at radius 1 is 1.38 bits per heavy atom. The van der Waals surface area contributed by atoms with E-state index in [2.05, 4.69) is 20.7 Å². The van der Waals surface area contributed by atoms with Crippen LogP contribution in [0.4, 0.5) is 5.69 Å². The average molecular weight is 343 g/mol. The SMILES string of the molecule is CSCC[C@@H](C(=O)Nc1ccc2nn[nH]c(=O)c2c1)n1cccc1. The van der Waals surface area contributed by atoms with E-state index in [0.29, 0.717) is 16.6 Å². The summed E-state index contributed by atoms with van der Waals surface area (Å²) in [6, 6.07) is 8.50. The van der Waals surface area contributed by atoms with Crippen molar-refractivity contribution in [3.8, 4) is 0 Å². The van der Waals surface area contributed by atoms with Crippen molar-refractivity contribution >= 4 is 34.3 Å². The lowest BCUT2D eigenvalue weighted by Gasteiger charge is -2.18. The molecule has 1 atom stereocenters. The number of hydrogen-bond acceptors (Lipinski definition) is 5. The molecule has 0 radical (unpaired) electrons. The molecule has 0 aliphatic rings. The molecule has 8 heteroatoms. The first-order chi connectivity index (χ1) is 11.7. The van der Waals surface area contributed by atoms with Crippen LogP contribution in [0.3, 0.4) is 0 Å². The van der Waals surface area contributed by atoms with E-state index in [9.17, 15) is 9.59 Å². The maximum Gasteiger partial charge on any atom is 0.275 e. The quantitative estimate of drug-likeness (QED) is 0.714. The summed E-state index contributed by atoms with van der Waals surface area (Å²) >= 11 is 1.70. The Kier molecular flexibility index (Phi) is 4.95. The molecule has 0 saturated heterocycles. The molecule has 0 bridgehead atoms. The van der Waals surface area contributed by atoms with Crippen molar-refractivity contribution in [3.63, 3.8) is 0 Å². The van der Waals surface area contributed by atoms with Crippen molar-refractivity contribution < 1.29 is 4.79 Å². The van der Waals surface area contributed by atoms with E-state index < -0.39 is 0 Å². The van der Waals surface area contributed by atoms with Crippen LogP contribution in [0.15, 0.2) is 47.5 Å². The second kappa shape index (κ2) is 7.31. The van der Waals surface area contributed by atoms with Crippen LogP contribution in [0.25, 0.3) is 10.9 Å². The van der Waals surface area contributed by atoms with E-state index in [1.54, 1.807) is 30.0 Å². The van der Waals surface area contributed by atoms with Gasteiger partial charge in [-0.2, -0.15) is 11.8 Å². The molecule has 3 rings (SSSR count).